The second-order valence-corrected chi connectivity index (χ2v) is 6.48. The van der Waals surface area contributed by atoms with Crippen LogP contribution in [0.25, 0.3) is 0 Å². The normalized spacial score (nSPS) is 11.1. The fraction of sp³-hybridized carbons (Fsp3) is 0.0625. The number of thioether (sulfide) groups is 1. The number of aromatic hydroxyl groups is 1. The molecule has 0 aliphatic rings. The number of phenols is 1. The van der Waals surface area contributed by atoms with Crippen molar-refractivity contribution < 1.29 is 10.0 Å². The number of hydrogen-bond donors (Lipinski definition) is 2. The Kier molecular flexibility index (Phi) is 5.44. The third-order valence-corrected chi connectivity index (χ3v) is 4.61. The highest BCUT2D eigenvalue weighted by atomic mass is 32.2. The molecule has 0 amide bonds. The molecule has 3 rings (SSSR count). The summed E-state index contributed by atoms with van der Waals surface area (Å²) in [5.41, 5.74) is 1.20. The molecule has 0 aliphatic carbocycles. The Morgan fingerprint density at radius 1 is 1.35 bits per heavy atom. The second kappa shape index (κ2) is 7.93. The first-order valence-corrected chi connectivity index (χ1v) is 8.80. The van der Waals surface area contributed by atoms with E-state index in [0.29, 0.717) is 21.2 Å². The molecule has 132 valence electrons. The van der Waals surface area contributed by atoms with Gasteiger partial charge in [-0.25, -0.2) is 5.10 Å². The Balaban J connectivity index is 1.81. The Hall–Kier alpha value is -2.98. The van der Waals surface area contributed by atoms with E-state index in [2.05, 4.69) is 15.3 Å². The van der Waals surface area contributed by atoms with Gasteiger partial charge in [-0.2, -0.15) is 9.78 Å². The van der Waals surface area contributed by atoms with Crippen LogP contribution in [0.1, 0.15) is 11.1 Å². The Labute approximate surface area is 157 Å². The number of aromatic nitrogens is 3. The molecule has 0 unspecified atom stereocenters. The number of nitrogens with zero attached hydrogens (tertiary/aromatic N) is 4. The predicted molar refractivity (Wildman–Crippen MR) is 101 cm³/mol. The van der Waals surface area contributed by atoms with Crippen molar-refractivity contribution in [2.45, 2.75) is 10.9 Å². The molecule has 0 fully saturated rings. The SMILES string of the molecule is O=[N+]([O-])c1cc(/C=N\n2c(SCc3ccccc3)n[nH]c2=S)ccc1O. The van der Waals surface area contributed by atoms with Gasteiger partial charge in [0.05, 0.1) is 11.1 Å². The van der Waals surface area contributed by atoms with E-state index in [-0.39, 0.29) is 5.69 Å². The Bertz CT molecular complexity index is 1010. The lowest BCUT2D eigenvalue weighted by atomic mass is 10.2. The molecule has 2 N–H and O–H groups in total. The van der Waals surface area contributed by atoms with Gasteiger partial charge in [0.1, 0.15) is 0 Å². The van der Waals surface area contributed by atoms with Crippen molar-refractivity contribution in [1.82, 2.24) is 14.9 Å². The van der Waals surface area contributed by atoms with E-state index < -0.39 is 10.7 Å². The Morgan fingerprint density at radius 3 is 2.85 bits per heavy atom. The number of rotatable bonds is 6. The van der Waals surface area contributed by atoms with Crippen LogP contribution in [0.3, 0.4) is 0 Å². The van der Waals surface area contributed by atoms with Gasteiger partial charge < -0.3 is 5.11 Å². The number of nitro groups is 1. The minimum absolute atomic E-state index is 0.310. The molecule has 8 nitrogen and oxygen atoms in total. The summed E-state index contributed by atoms with van der Waals surface area (Å²) in [4.78, 5) is 10.2. The van der Waals surface area contributed by atoms with Crippen molar-refractivity contribution in [3.63, 3.8) is 0 Å². The van der Waals surface area contributed by atoms with Gasteiger partial charge in [-0.15, -0.1) is 5.10 Å². The Morgan fingerprint density at radius 2 is 2.12 bits per heavy atom. The van der Waals surface area contributed by atoms with Crippen LogP contribution in [0.5, 0.6) is 5.75 Å². The van der Waals surface area contributed by atoms with Crippen LogP contribution >= 0.6 is 24.0 Å². The van der Waals surface area contributed by atoms with E-state index in [1.807, 2.05) is 30.3 Å². The number of nitro benzene ring substituents is 1. The summed E-state index contributed by atoms with van der Waals surface area (Å²) in [7, 11) is 0. The molecule has 10 heteroatoms. The number of benzene rings is 2. The highest BCUT2D eigenvalue weighted by Gasteiger charge is 2.13. The molecule has 0 aliphatic heterocycles. The number of nitrogens with one attached hydrogen (secondary N) is 1. The number of hydrogen-bond acceptors (Lipinski definition) is 7. The molecule has 26 heavy (non-hydrogen) atoms. The molecule has 0 bridgehead atoms. The average Bonchev–Trinajstić information content (AvgIpc) is 2.99. The summed E-state index contributed by atoms with van der Waals surface area (Å²) < 4.78 is 1.76. The van der Waals surface area contributed by atoms with Crippen LogP contribution in [0.15, 0.2) is 58.8 Å². The monoisotopic (exact) mass is 387 g/mol. The van der Waals surface area contributed by atoms with Gasteiger partial charge in [0.25, 0.3) is 0 Å². The summed E-state index contributed by atoms with van der Waals surface area (Å²) >= 11 is 6.64. The van der Waals surface area contributed by atoms with E-state index in [1.165, 1.54) is 40.9 Å². The molecule has 0 saturated heterocycles. The van der Waals surface area contributed by atoms with E-state index in [1.54, 1.807) is 0 Å². The van der Waals surface area contributed by atoms with Crippen molar-refractivity contribution in [3.05, 3.63) is 74.5 Å². The zero-order valence-corrected chi connectivity index (χ0v) is 14.9. The molecule has 3 aromatic rings. The van der Waals surface area contributed by atoms with Crippen LogP contribution in [-0.4, -0.2) is 31.1 Å². The van der Waals surface area contributed by atoms with Gasteiger partial charge in [0.2, 0.25) is 9.93 Å². The molecule has 1 aromatic heterocycles. The zero-order chi connectivity index (χ0) is 18.5. The van der Waals surface area contributed by atoms with E-state index >= 15 is 0 Å². The van der Waals surface area contributed by atoms with Crippen molar-refractivity contribution in [2.75, 3.05) is 0 Å². The molecular weight excluding hydrogens is 374 g/mol. The minimum Gasteiger partial charge on any atom is -0.502 e. The molecular formula is C16H13N5O3S2. The second-order valence-electron chi connectivity index (χ2n) is 5.15. The summed E-state index contributed by atoms with van der Waals surface area (Å²) in [6.07, 6.45) is 1.42. The zero-order valence-electron chi connectivity index (χ0n) is 13.3. The fourth-order valence-electron chi connectivity index (χ4n) is 2.09. The minimum atomic E-state index is -0.655. The third-order valence-electron chi connectivity index (χ3n) is 3.35. The molecule has 0 saturated carbocycles. The fourth-order valence-corrected chi connectivity index (χ4v) is 3.18. The van der Waals surface area contributed by atoms with Crippen molar-refractivity contribution in [1.29, 1.82) is 0 Å². The summed E-state index contributed by atoms with van der Waals surface area (Å²) in [6, 6.07) is 13.9. The lowest BCUT2D eigenvalue weighted by Gasteiger charge is -2.01. The van der Waals surface area contributed by atoms with Crippen LogP contribution in [-0.2, 0) is 5.75 Å². The lowest BCUT2D eigenvalue weighted by Crippen LogP contribution is -1.95. The maximum absolute atomic E-state index is 10.9. The van der Waals surface area contributed by atoms with E-state index in [4.69, 9.17) is 12.2 Å². The van der Waals surface area contributed by atoms with E-state index in [9.17, 15) is 15.2 Å². The van der Waals surface area contributed by atoms with Gasteiger partial charge in [0, 0.05) is 17.4 Å². The summed E-state index contributed by atoms with van der Waals surface area (Å²) in [6.45, 7) is 0. The number of aromatic amines is 1. The topological polar surface area (TPSA) is 109 Å². The molecule has 0 radical (unpaired) electrons. The molecule has 0 spiro atoms. The largest absolute Gasteiger partial charge is 0.502 e. The smallest absolute Gasteiger partial charge is 0.311 e. The lowest BCUT2D eigenvalue weighted by molar-refractivity contribution is -0.385. The quantitative estimate of drug-likeness (QED) is 0.219. The molecule has 2 aromatic carbocycles. The van der Waals surface area contributed by atoms with Gasteiger partial charge in [-0.05, 0) is 29.9 Å². The van der Waals surface area contributed by atoms with Crippen LogP contribution < -0.4 is 0 Å². The van der Waals surface area contributed by atoms with Gasteiger partial charge in [0.15, 0.2) is 5.75 Å². The predicted octanol–water partition coefficient (Wildman–Crippen LogP) is 3.73. The van der Waals surface area contributed by atoms with Crippen LogP contribution in [0.2, 0.25) is 0 Å². The van der Waals surface area contributed by atoms with Gasteiger partial charge >= 0.3 is 5.69 Å². The number of phenolic OH excluding ortho intramolecular Hbond substituents is 1. The van der Waals surface area contributed by atoms with Crippen LogP contribution in [0.4, 0.5) is 5.69 Å². The van der Waals surface area contributed by atoms with Gasteiger partial charge in [-0.3, -0.25) is 10.1 Å². The highest BCUT2D eigenvalue weighted by molar-refractivity contribution is 7.98. The molecule has 1 heterocycles. The first-order chi connectivity index (χ1) is 12.5. The maximum atomic E-state index is 10.9. The van der Waals surface area contributed by atoms with Crippen LogP contribution in [0, 0.1) is 14.9 Å². The van der Waals surface area contributed by atoms with Crippen molar-refractivity contribution in [3.8, 4) is 5.75 Å². The third kappa shape index (κ3) is 4.16. The number of H-pyrrole nitrogens is 1. The summed E-state index contributed by atoms with van der Waals surface area (Å²) in [5.74, 6) is 0.298. The summed E-state index contributed by atoms with van der Waals surface area (Å²) in [5, 5.41) is 32.0. The van der Waals surface area contributed by atoms with Crippen molar-refractivity contribution in [2.24, 2.45) is 5.10 Å². The van der Waals surface area contributed by atoms with E-state index in [0.717, 1.165) is 5.56 Å². The van der Waals surface area contributed by atoms with Crippen molar-refractivity contribution >= 4 is 35.9 Å². The highest BCUT2D eigenvalue weighted by Crippen LogP contribution is 2.26. The molecule has 0 atom stereocenters. The standard InChI is InChI=1S/C16H13N5O3S2/c22-14-7-6-12(8-13(14)21(23)24)9-17-20-15(25)18-19-16(20)26-10-11-4-2-1-3-5-11/h1-9,22H,10H2,(H,18,25)/b17-9-. The first-order valence-electron chi connectivity index (χ1n) is 7.40. The van der Waals surface area contributed by atoms with Gasteiger partial charge in [-0.1, -0.05) is 42.1 Å². The first kappa shape index (κ1) is 17.8. The average molecular weight is 387 g/mol. The maximum Gasteiger partial charge on any atom is 0.311 e.